The van der Waals surface area contributed by atoms with Crippen molar-refractivity contribution in [2.24, 2.45) is 11.7 Å². The third kappa shape index (κ3) is 2.19. The minimum atomic E-state index is -0.344. The third-order valence-corrected chi connectivity index (χ3v) is 4.09. The van der Waals surface area contributed by atoms with E-state index in [9.17, 15) is 0 Å². The van der Waals surface area contributed by atoms with Gasteiger partial charge in [-0.2, -0.15) is 4.98 Å². The average Bonchev–Trinajstić information content (AvgIpc) is 2.91. The fourth-order valence-electron chi connectivity index (χ4n) is 1.99. The molecule has 2 aromatic rings. The van der Waals surface area contributed by atoms with Crippen molar-refractivity contribution in [3.8, 4) is 0 Å². The Bertz CT molecular complexity index is 507. The zero-order chi connectivity index (χ0) is 12.5. The Labute approximate surface area is 109 Å². The molecule has 2 atom stereocenters. The number of thiophene rings is 1. The van der Waals surface area contributed by atoms with E-state index in [1.54, 1.807) is 18.4 Å². The molecule has 96 valence electrons. The molecule has 5 nitrogen and oxygen atoms in total. The number of nitrogens with two attached hydrogens (primary N) is 1. The van der Waals surface area contributed by atoms with Crippen LogP contribution >= 0.6 is 11.3 Å². The van der Waals surface area contributed by atoms with Gasteiger partial charge in [-0.1, -0.05) is 11.2 Å². The number of ether oxygens (including phenoxy) is 1. The van der Waals surface area contributed by atoms with Gasteiger partial charge in [-0.3, -0.25) is 0 Å². The van der Waals surface area contributed by atoms with E-state index in [-0.39, 0.29) is 12.1 Å². The highest BCUT2D eigenvalue weighted by Gasteiger charge is 2.36. The van der Waals surface area contributed by atoms with Gasteiger partial charge in [0.05, 0.1) is 0 Å². The Morgan fingerprint density at radius 3 is 3.00 bits per heavy atom. The summed E-state index contributed by atoms with van der Waals surface area (Å²) in [5, 5.41) is 5.97. The van der Waals surface area contributed by atoms with Crippen molar-refractivity contribution >= 4 is 11.3 Å². The summed E-state index contributed by atoms with van der Waals surface area (Å²) in [5.74, 6) is 1.59. The van der Waals surface area contributed by atoms with Crippen molar-refractivity contribution in [1.29, 1.82) is 0 Å². The molecule has 6 heteroatoms. The van der Waals surface area contributed by atoms with Crippen molar-refractivity contribution in [2.45, 2.75) is 25.0 Å². The quantitative estimate of drug-likeness (QED) is 0.897. The van der Waals surface area contributed by atoms with Gasteiger partial charge in [-0.15, -0.1) is 11.3 Å². The molecule has 3 rings (SSSR count). The number of methoxy groups -OCH3 is 1. The lowest BCUT2D eigenvalue weighted by molar-refractivity contribution is 0.0751. The molecule has 0 spiro atoms. The van der Waals surface area contributed by atoms with Crippen molar-refractivity contribution in [2.75, 3.05) is 7.11 Å². The summed E-state index contributed by atoms with van der Waals surface area (Å²) >= 11 is 1.58. The first-order chi connectivity index (χ1) is 8.79. The molecule has 2 aromatic heterocycles. The Morgan fingerprint density at radius 1 is 1.56 bits per heavy atom. The van der Waals surface area contributed by atoms with E-state index < -0.39 is 0 Å². The molecule has 1 saturated carbocycles. The minimum absolute atomic E-state index is 0.0574. The molecule has 1 fully saturated rings. The van der Waals surface area contributed by atoms with Crippen LogP contribution in [0.25, 0.3) is 0 Å². The number of nitrogens with zero attached hydrogens (tertiary/aromatic N) is 2. The summed E-state index contributed by atoms with van der Waals surface area (Å²) in [6.07, 6.45) is 2.27. The van der Waals surface area contributed by atoms with Gasteiger partial charge >= 0.3 is 0 Å². The van der Waals surface area contributed by atoms with Gasteiger partial charge in [0, 0.05) is 12.0 Å². The summed E-state index contributed by atoms with van der Waals surface area (Å²) in [6.45, 7) is 0. The Hall–Kier alpha value is -1.24. The van der Waals surface area contributed by atoms with Gasteiger partial charge in [0.25, 0.3) is 0 Å². The Morgan fingerprint density at radius 2 is 2.39 bits per heavy atom. The lowest BCUT2D eigenvalue weighted by atomic mass is 10.2. The van der Waals surface area contributed by atoms with Gasteiger partial charge in [0.1, 0.15) is 12.1 Å². The number of hydrogen-bond acceptors (Lipinski definition) is 6. The maximum absolute atomic E-state index is 6.08. The molecule has 18 heavy (non-hydrogen) atoms. The maximum atomic E-state index is 6.08. The van der Waals surface area contributed by atoms with E-state index in [0.29, 0.717) is 17.6 Å². The first-order valence-electron chi connectivity index (χ1n) is 5.95. The first kappa shape index (κ1) is 11.8. The predicted molar refractivity (Wildman–Crippen MR) is 67.1 cm³/mol. The lowest BCUT2D eigenvalue weighted by Gasteiger charge is -2.08. The van der Waals surface area contributed by atoms with Gasteiger partial charge in [0.15, 0.2) is 0 Å². The van der Waals surface area contributed by atoms with E-state index in [1.807, 2.05) is 17.5 Å². The van der Waals surface area contributed by atoms with Gasteiger partial charge < -0.3 is 15.0 Å². The van der Waals surface area contributed by atoms with Crippen molar-refractivity contribution < 1.29 is 9.26 Å². The number of rotatable bonds is 5. The molecule has 2 heterocycles. The van der Waals surface area contributed by atoms with Crippen LogP contribution < -0.4 is 5.73 Å². The molecule has 2 N–H and O–H groups in total. The molecular formula is C12H15N3O2S. The fraction of sp³-hybridized carbons (Fsp3) is 0.500. The lowest BCUT2D eigenvalue weighted by Crippen LogP contribution is -2.11. The second kappa shape index (κ2) is 4.79. The highest BCUT2D eigenvalue weighted by Crippen LogP contribution is 2.42. The van der Waals surface area contributed by atoms with E-state index >= 15 is 0 Å². The molecule has 1 aliphatic rings. The standard InChI is InChI=1S/C12H15N3O2S/c1-16-10(7-4-5-7)11-14-12(17-15-11)9(13)8-3-2-6-18-8/h2-3,6-7,9-10H,4-5,13H2,1H3. The van der Waals surface area contributed by atoms with E-state index in [2.05, 4.69) is 10.1 Å². The largest absolute Gasteiger partial charge is 0.373 e. The zero-order valence-electron chi connectivity index (χ0n) is 10.1. The predicted octanol–water partition coefficient (Wildman–Crippen LogP) is 2.28. The molecule has 0 bridgehead atoms. The summed E-state index contributed by atoms with van der Waals surface area (Å²) in [4.78, 5) is 5.40. The van der Waals surface area contributed by atoms with E-state index in [0.717, 1.165) is 4.88 Å². The molecule has 0 radical (unpaired) electrons. The molecule has 0 saturated heterocycles. The van der Waals surface area contributed by atoms with Crippen LogP contribution in [-0.4, -0.2) is 17.3 Å². The van der Waals surface area contributed by atoms with Crippen molar-refractivity contribution in [1.82, 2.24) is 10.1 Å². The second-order valence-corrected chi connectivity index (χ2v) is 5.46. The van der Waals surface area contributed by atoms with Crippen LogP contribution in [0.2, 0.25) is 0 Å². The zero-order valence-corrected chi connectivity index (χ0v) is 10.9. The van der Waals surface area contributed by atoms with Crippen LogP contribution in [0.5, 0.6) is 0 Å². The topological polar surface area (TPSA) is 74.2 Å². The van der Waals surface area contributed by atoms with Crippen LogP contribution in [-0.2, 0) is 4.74 Å². The average molecular weight is 265 g/mol. The SMILES string of the molecule is COC(c1noc(C(N)c2cccs2)n1)C1CC1. The highest BCUT2D eigenvalue weighted by molar-refractivity contribution is 7.10. The summed E-state index contributed by atoms with van der Waals surface area (Å²) in [5.41, 5.74) is 6.08. The highest BCUT2D eigenvalue weighted by atomic mass is 32.1. The van der Waals surface area contributed by atoms with Gasteiger partial charge in [-0.05, 0) is 30.2 Å². The summed E-state index contributed by atoms with van der Waals surface area (Å²) in [7, 11) is 1.68. The second-order valence-electron chi connectivity index (χ2n) is 4.48. The van der Waals surface area contributed by atoms with Crippen molar-refractivity contribution in [3.63, 3.8) is 0 Å². The molecule has 2 unspecified atom stereocenters. The Kier molecular flexibility index (Phi) is 3.15. The molecule has 1 aliphatic carbocycles. The van der Waals surface area contributed by atoms with Crippen LogP contribution in [0, 0.1) is 5.92 Å². The van der Waals surface area contributed by atoms with Gasteiger partial charge in [-0.25, -0.2) is 0 Å². The monoisotopic (exact) mass is 265 g/mol. The minimum Gasteiger partial charge on any atom is -0.373 e. The maximum Gasteiger partial charge on any atom is 0.249 e. The molecule has 0 aliphatic heterocycles. The fourth-order valence-corrected chi connectivity index (χ4v) is 2.71. The van der Waals surface area contributed by atoms with Crippen LogP contribution in [0.1, 0.15) is 41.6 Å². The van der Waals surface area contributed by atoms with Crippen molar-refractivity contribution in [3.05, 3.63) is 34.1 Å². The van der Waals surface area contributed by atoms with Crippen LogP contribution in [0.4, 0.5) is 0 Å². The third-order valence-electron chi connectivity index (χ3n) is 3.13. The smallest absolute Gasteiger partial charge is 0.249 e. The van der Waals surface area contributed by atoms with Crippen LogP contribution in [0.3, 0.4) is 0 Å². The number of hydrogen-bond donors (Lipinski definition) is 1. The normalized spacial score (nSPS) is 18.8. The molecule has 0 aromatic carbocycles. The molecular weight excluding hydrogens is 250 g/mol. The summed E-state index contributed by atoms with van der Waals surface area (Å²) < 4.78 is 10.7. The van der Waals surface area contributed by atoms with Gasteiger partial charge in [0.2, 0.25) is 11.7 Å². The first-order valence-corrected chi connectivity index (χ1v) is 6.83. The Balaban J connectivity index is 1.80. The van der Waals surface area contributed by atoms with E-state index in [4.69, 9.17) is 15.0 Å². The number of aromatic nitrogens is 2. The molecule has 0 amide bonds. The van der Waals surface area contributed by atoms with Crippen LogP contribution in [0.15, 0.2) is 22.0 Å². The summed E-state index contributed by atoms with van der Waals surface area (Å²) in [6, 6.07) is 3.58. The van der Waals surface area contributed by atoms with E-state index in [1.165, 1.54) is 12.8 Å².